The second kappa shape index (κ2) is 8.84. The maximum Gasteiger partial charge on any atom is 0.328 e. The number of amides is 1. The number of esters is 1. The zero-order valence-electron chi connectivity index (χ0n) is 12.5. The van der Waals surface area contributed by atoms with Gasteiger partial charge in [0.1, 0.15) is 17.5 Å². The summed E-state index contributed by atoms with van der Waals surface area (Å²) >= 11 is 0. The summed E-state index contributed by atoms with van der Waals surface area (Å²) in [5.41, 5.74) is 0. The molecule has 0 saturated heterocycles. The van der Waals surface area contributed by atoms with E-state index in [1.54, 1.807) is 38.3 Å². The van der Waals surface area contributed by atoms with Crippen LogP contribution in [0.1, 0.15) is 19.8 Å². The molecule has 116 valence electrons. The first-order chi connectivity index (χ1) is 10.1. The van der Waals surface area contributed by atoms with Gasteiger partial charge >= 0.3 is 5.97 Å². The monoisotopic (exact) mass is 295 g/mol. The Morgan fingerprint density at radius 2 is 1.76 bits per heavy atom. The van der Waals surface area contributed by atoms with E-state index in [-0.39, 0.29) is 12.3 Å². The fourth-order valence-corrected chi connectivity index (χ4v) is 1.64. The minimum atomic E-state index is -0.634. The number of carbonyl (C=O) groups excluding carboxylic acids is 2. The largest absolute Gasteiger partial charge is 0.497 e. The van der Waals surface area contributed by atoms with Gasteiger partial charge in [0.2, 0.25) is 5.91 Å². The lowest BCUT2D eigenvalue weighted by molar-refractivity contribution is -0.144. The lowest BCUT2D eigenvalue weighted by Crippen LogP contribution is -2.39. The number of ether oxygens (including phenoxy) is 3. The molecule has 1 rings (SSSR count). The summed E-state index contributed by atoms with van der Waals surface area (Å²) < 4.78 is 15.1. The SMILES string of the molecule is COC(=O)[C@@H](C)NC(=O)CCCOc1ccc(OC)cc1. The molecule has 0 saturated carbocycles. The average Bonchev–Trinajstić information content (AvgIpc) is 2.51. The fraction of sp³-hybridized carbons (Fsp3) is 0.467. The van der Waals surface area contributed by atoms with Crippen LogP contribution in [0.15, 0.2) is 24.3 Å². The smallest absolute Gasteiger partial charge is 0.328 e. The molecule has 21 heavy (non-hydrogen) atoms. The summed E-state index contributed by atoms with van der Waals surface area (Å²) in [5, 5.41) is 2.56. The van der Waals surface area contributed by atoms with E-state index in [9.17, 15) is 9.59 Å². The molecule has 0 aliphatic rings. The highest BCUT2D eigenvalue weighted by Crippen LogP contribution is 2.17. The van der Waals surface area contributed by atoms with Gasteiger partial charge in [-0.25, -0.2) is 4.79 Å². The minimum absolute atomic E-state index is 0.203. The Bertz CT molecular complexity index is 458. The van der Waals surface area contributed by atoms with E-state index in [2.05, 4.69) is 10.1 Å². The van der Waals surface area contributed by atoms with Crippen LogP contribution in [0.2, 0.25) is 0 Å². The van der Waals surface area contributed by atoms with Crippen molar-refractivity contribution in [3.8, 4) is 11.5 Å². The van der Waals surface area contributed by atoms with Gasteiger partial charge in [0, 0.05) is 6.42 Å². The zero-order valence-corrected chi connectivity index (χ0v) is 12.5. The minimum Gasteiger partial charge on any atom is -0.497 e. The van der Waals surface area contributed by atoms with Crippen molar-refractivity contribution in [2.24, 2.45) is 0 Å². The van der Waals surface area contributed by atoms with Crippen molar-refractivity contribution in [1.29, 1.82) is 0 Å². The highest BCUT2D eigenvalue weighted by molar-refractivity contribution is 5.83. The second-order valence-electron chi connectivity index (χ2n) is 4.44. The van der Waals surface area contributed by atoms with E-state index < -0.39 is 12.0 Å². The number of hydrogen-bond donors (Lipinski definition) is 1. The van der Waals surface area contributed by atoms with Crippen molar-refractivity contribution in [1.82, 2.24) is 5.32 Å². The van der Waals surface area contributed by atoms with Gasteiger partial charge in [-0.3, -0.25) is 4.79 Å². The van der Waals surface area contributed by atoms with Crippen LogP contribution in [-0.4, -0.2) is 38.7 Å². The van der Waals surface area contributed by atoms with E-state index in [0.717, 1.165) is 11.5 Å². The van der Waals surface area contributed by atoms with Crippen molar-refractivity contribution in [3.05, 3.63) is 24.3 Å². The molecule has 0 aliphatic carbocycles. The van der Waals surface area contributed by atoms with E-state index in [1.165, 1.54) is 7.11 Å². The van der Waals surface area contributed by atoms with Crippen LogP contribution in [0.3, 0.4) is 0 Å². The van der Waals surface area contributed by atoms with Crippen LogP contribution < -0.4 is 14.8 Å². The third kappa shape index (κ3) is 6.16. The second-order valence-corrected chi connectivity index (χ2v) is 4.44. The molecule has 1 N–H and O–H groups in total. The number of hydrogen-bond acceptors (Lipinski definition) is 5. The molecule has 0 fully saturated rings. The highest BCUT2D eigenvalue weighted by atomic mass is 16.5. The first-order valence-corrected chi connectivity index (χ1v) is 6.71. The van der Waals surface area contributed by atoms with Gasteiger partial charge in [-0.05, 0) is 37.6 Å². The summed E-state index contributed by atoms with van der Waals surface area (Å²) in [5.74, 6) is 0.821. The molecule has 0 radical (unpaired) electrons. The molecule has 1 aromatic rings. The van der Waals surface area contributed by atoms with Crippen LogP contribution in [0.4, 0.5) is 0 Å². The first kappa shape index (κ1) is 16.8. The van der Waals surface area contributed by atoms with Gasteiger partial charge < -0.3 is 19.5 Å². The lowest BCUT2D eigenvalue weighted by Gasteiger charge is -2.11. The molecular formula is C15H21NO5. The van der Waals surface area contributed by atoms with Crippen LogP contribution in [-0.2, 0) is 14.3 Å². The average molecular weight is 295 g/mol. The summed E-state index contributed by atoms with van der Waals surface area (Å²) in [7, 11) is 2.89. The van der Waals surface area contributed by atoms with Gasteiger partial charge in [0.15, 0.2) is 0 Å². The molecule has 1 atom stereocenters. The Morgan fingerprint density at radius 3 is 2.33 bits per heavy atom. The molecule has 6 heteroatoms. The van der Waals surface area contributed by atoms with Crippen LogP contribution in [0.25, 0.3) is 0 Å². The maximum atomic E-state index is 11.6. The quantitative estimate of drug-likeness (QED) is 0.581. The standard InChI is InChI=1S/C15H21NO5/c1-11(15(18)20-3)16-14(17)5-4-10-21-13-8-6-12(19-2)7-9-13/h6-9,11H,4-5,10H2,1-3H3,(H,16,17)/t11-/m1/s1. The Labute approximate surface area is 124 Å². The van der Waals surface area contributed by atoms with E-state index in [1.807, 2.05) is 0 Å². The molecule has 0 spiro atoms. The fourth-order valence-electron chi connectivity index (χ4n) is 1.64. The summed E-state index contributed by atoms with van der Waals surface area (Å²) in [4.78, 5) is 22.7. The van der Waals surface area contributed by atoms with E-state index >= 15 is 0 Å². The predicted molar refractivity (Wildman–Crippen MR) is 77.3 cm³/mol. The summed E-state index contributed by atoms with van der Waals surface area (Å²) in [6, 6.07) is 6.58. The number of rotatable bonds is 8. The van der Waals surface area contributed by atoms with Gasteiger partial charge in [-0.1, -0.05) is 0 Å². The van der Waals surface area contributed by atoms with Crippen LogP contribution in [0.5, 0.6) is 11.5 Å². The molecule has 1 amide bonds. The van der Waals surface area contributed by atoms with Crippen LogP contribution >= 0.6 is 0 Å². The van der Waals surface area contributed by atoms with Crippen molar-refractivity contribution in [2.45, 2.75) is 25.8 Å². The summed E-state index contributed by atoms with van der Waals surface area (Å²) in [6.07, 6.45) is 0.850. The lowest BCUT2D eigenvalue weighted by atomic mass is 10.2. The van der Waals surface area contributed by atoms with Gasteiger partial charge in [0.05, 0.1) is 20.8 Å². The number of methoxy groups -OCH3 is 2. The van der Waals surface area contributed by atoms with Crippen molar-refractivity contribution >= 4 is 11.9 Å². The molecular weight excluding hydrogens is 274 g/mol. The number of benzene rings is 1. The van der Waals surface area contributed by atoms with Crippen molar-refractivity contribution in [2.75, 3.05) is 20.8 Å². The molecule has 0 unspecified atom stereocenters. The van der Waals surface area contributed by atoms with Gasteiger partial charge in [0.25, 0.3) is 0 Å². The van der Waals surface area contributed by atoms with Crippen molar-refractivity contribution < 1.29 is 23.8 Å². The van der Waals surface area contributed by atoms with Gasteiger partial charge in [-0.2, -0.15) is 0 Å². The Hall–Kier alpha value is -2.24. The third-order valence-electron chi connectivity index (χ3n) is 2.81. The Balaban J connectivity index is 2.21. The highest BCUT2D eigenvalue weighted by Gasteiger charge is 2.15. The molecule has 0 heterocycles. The zero-order chi connectivity index (χ0) is 15.7. The molecule has 0 aromatic heterocycles. The molecule has 1 aromatic carbocycles. The van der Waals surface area contributed by atoms with E-state index in [0.29, 0.717) is 13.0 Å². The Morgan fingerprint density at radius 1 is 1.14 bits per heavy atom. The van der Waals surface area contributed by atoms with E-state index in [4.69, 9.17) is 9.47 Å². The Kier molecular flexibility index (Phi) is 7.08. The van der Waals surface area contributed by atoms with Crippen molar-refractivity contribution in [3.63, 3.8) is 0 Å². The maximum absolute atomic E-state index is 11.6. The van der Waals surface area contributed by atoms with Crippen LogP contribution in [0, 0.1) is 0 Å². The summed E-state index contributed by atoms with van der Waals surface area (Å²) in [6.45, 7) is 2.00. The third-order valence-corrected chi connectivity index (χ3v) is 2.81. The predicted octanol–water partition coefficient (Wildman–Crippen LogP) is 1.53. The first-order valence-electron chi connectivity index (χ1n) is 6.71. The topological polar surface area (TPSA) is 73.9 Å². The number of carbonyl (C=O) groups is 2. The molecule has 6 nitrogen and oxygen atoms in total. The molecule has 0 bridgehead atoms. The molecule has 0 aliphatic heterocycles. The number of nitrogens with one attached hydrogen (secondary N) is 1. The van der Waals surface area contributed by atoms with Gasteiger partial charge in [-0.15, -0.1) is 0 Å². The normalized spacial score (nSPS) is 11.4.